The predicted octanol–water partition coefficient (Wildman–Crippen LogP) is 4.19. The molecule has 0 fully saturated rings. The largest absolute Gasteiger partial charge is 0.439 e. The van der Waals surface area contributed by atoms with Crippen LogP contribution in [0.15, 0.2) is 42.6 Å². The first kappa shape index (κ1) is 14.5. The maximum Gasteiger partial charge on any atom is 0.219 e. The number of nitrogens with zero attached hydrogens (tertiary/aromatic N) is 1. The Morgan fingerprint density at radius 3 is 2.30 bits per heavy atom. The number of ether oxygens (including phenoxy) is 1. The van der Waals surface area contributed by atoms with E-state index in [1.807, 2.05) is 31.2 Å². The molecule has 0 aliphatic heterocycles. The van der Waals surface area contributed by atoms with Gasteiger partial charge in [0.2, 0.25) is 5.88 Å². The molecule has 1 heterocycles. The van der Waals surface area contributed by atoms with Crippen molar-refractivity contribution in [1.29, 1.82) is 0 Å². The molecule has 0 spiro atoms. The molecule has 106 valence electrons. The Balaban J connectivity index is 2.16. The van der Waals surface area contributed by atoms with Crippen molar-refractivity contribution in [3.05, 3.63) is 53.7 Å². The van der Waals surface area contributed by atoms with Gasteiger partial charge in [0.15, 0.2) is 0 Å². The van der Waals surface area contributed by atoms with Crippen LogP contribution in [0.5, 0.6) is 11.6 Å². The molecule has 2 aromatic rings. The Bertz CT molecular complexity index is 568. The summed E-state index contributed by atoms with van der Waals surface area (Å²) in [5, 5.41) is 0. The summed E-state index contributed by atoms with van der Waals surface area (Å²) < 4.78 is 5.77. The fourth-order valence-corrected chi connectivity index (χ4v) is 1.91. The minimum absolute atomic E-state index is 0.0244. The monoisotopic (exact) mass is 270 g/mol. The first-order chi connectivity index (χ1) is 9.36. The van der Waals surface area contributed by atoms with Gasteiger partial charge in [0.25, 0.3) is 0 Å². The molecular formula is C17H22N2O. The van der Waals surface area contributed by atoms with E-state index in [4.69, 9.17) is 10.5 Å². The molecule has 20 heavy (non-hydrogen) atoms. The van der Waals surface area contributed by atoms with Gasteiger partial charge in [0.1, 0.15) is 5.75 Å². The van der Waals surface area contributed by atoms with Gasteiger partial charge < -0.3 is 10.5 Å². The molecule has 2 rings (SSSR count). The minimum atomic E-state index is -0.0244. The molecule has 1 aromatic heterocycles. The van der Waals surface area contributed by atoms with Crippen LogP contribution in [0.2, 0.25) is 0 Å². The van der Waals surface area contributed by atoms with Crippen molar-refractivity contribution in [3.63, 3.8) is 0 Å². The average molecular weight is 270 g/mol. The Morgan fingerprint density at radius 1 is 1.10 bits per heavy atom. The Labute approximate surface area is 120 Å². The first-order valence-corrected chi connectivity index (χ1v) is 6.86. The van der Waals surface area contributed by atoms with Gasteiger partial charge in [-0.2, -0.15) is 0 Å². The van der Waals surface area contributed by atoms with Crippen LogP contribution in [0, 0.1) is 0 Å². The lowest BCUT2D eigenvalue weighted by atomic mass is 9.87. The Morgan fingerprint density at radius 2 is 1.75 bits per heavy atom. The quantitative estimate of drug-likeness (QED) is 0.909. The molecule has 0 saturated carbocycles. The molecule has 0 radical (unpaired) electrons. The zero-order valence-electron chi connectivity index (χ0n) is 12.6. The molecule has 2 N–H and O–H groups in total. The molecule has 1 atom stereocenters. The summed E-state index contributed by atoms with van der Waals surface area (Å²) in [5.41, 5.74) is 8.30. The molecule has 0 saturated heterocycles. The second kappa shape index (κ2) is 5.63. The molecule has 0 aliphatic rings. The highest BCUT2D eigenvalue weighted by molar-refractivity contribution is 5.34. The standard InChI is InChI=1S/C17H22N2O/c1-12(18)13-9-10-19-16(11-13)20-15-7-5-14(6-8-15)17(2,3)4/h5-12H,18H2,1-4H3/t12-/m0/s1. The summed E-state index contributed by atoms with van der Waals surface area (Å²) in [7, 11) is 0. The van der Waals surface area contributed by atoms with Gasteiger partial charge in [-0.05, 0) is 41.7 Å². The van der Waals surface area contributed by atoms with Gasteiger partial charge in [-0.3, -0.25) is 0 Å². The Hall–Kier alpha value is -1.87. The van der Waals surface area contributed by atoms with Crippen molar-refractivity contribution >= 4 is 0 Å². The SMILES string of the molecule is C[C@H](N)c1ccnc(Oc2ccc(C(C)(C)C)cc2)c1. The van der Waals surface area contributed by atoms with Crippen molar-refractivity contribution in [1.82, 2.24) is 4.98 Å². The molecule has 0 aliphatic carbocycles. The lowest BCUT2D eigenvalue weighted by molar-refractivity contribution is 0.460. The maximum absolute atomic E-state index is 5.86. The highest BCUT2D eigenvalue weighted by Gasteiger charge is 2.13. The summed E-state index contributed by atoms with van der Waals surface area (Å²) in [4.78, 5) is 4.21. The minimum Gasteiger partial charge on any atom is -0.439 e. The maximum atomic E-state index is 5.86. The van der Waals surface area contributed by atoms with Crippen LogP contribution in [-0.4, -0.2) is 4.98 Å². The van der Waals surface area contributed by atoms with E-state index in [9.17, 15) is 0 Å². The number of hydrogen-bond acceptors (Lipinski definition) is 3. The fourth-order valence-electron chi connectivity index (χ4n) is 1.91. The number of aromatic nitrogens is 1. The normalized spacial score (nSPS) is 13.1. The van der Waals surface area contributed by atoms with Crippen LogP contribution in [0.3, 0.4) is 0 Å². The third-order valence-corrected chi connectivity index (χ3v) is 3.23. The zero-order valence-corrected chi connectivity index (χ0v) is 12.6. The molecule has 1 aromatic carbocycles. The second-order valence-electron chi connectivity index (χ2n) is 6.09. The van der Waals surface area contributed by atoms with Crippen LogP contribution >= 0.6 is 0 Å². The van der Waals surface area contributed by atoms with E-state index in [1.54, 1.807) is 6.20 Å². The van der Waals surface area contributed by atoms with E-state index in [0.717, 1.165) is 11.3 Å². The van der Waals surface area contributed by atoms with Gasteiger partial charge in [0.05, 0.1) is 0 Å². The highest BCUT2D eigenvalue weighted by Crippen LogP contribution is 2.26. The molecule has 0 unspecified atom stereocenters. The molecule has 3 heteroatoms. The van der Waals surface area contributed by atoms with Crippen LogP contribution in [0.1, 0.15) is 44.9 Å². The molecule has 0 amide bonds. The van der Waals surface area contributed by atoms with Gasteiger partial charge in [-0.1, -0.05) is 32.9 Å². The second-order valence-corrected chi connectivity index (χ2v) is 6.09. The average Bonchev–Trinajstić information content (AvgIpc) is 2.38. The first-order valence-electron chi connectivity index (χ1n) is 6.86. The smallest absolute Gasteiger partial charge is 0.219 e. The van der Waals surface area contributed by atoms with Crippen molar-refractivity contribution < 1.29 is 4.74 Å². The van der Waals surface area contributed by atoms with Gasteiger partial charge >= 0.3 is 0 Å². The summed E-state index contributed by atoms with van der Waals surface area (Å²) >= 11 is 0. The highest BCUT2D eigenvalue weighted by atomic mass is 16.5. The van der Waals surface area contributed by atoms with Gasteiger partial charge in [0, 0.05) is 18.3 Å². The lowest BCUT2D eigenvalue weighted by Crippen LogP contribution is -2.10. The number of benzene rings is 1. The van der Waals surface area contributed by atoms with Crippen molar-refractivity contribution in [3.8, 4) is 11.6 Å². The van der Waals surface area contributed by atoms with Crippen molar-refractivity contribution in [2.24, 2.45) is 5.73 Å². The zero-order chi connectivity index (χ0) is 14.8. The van der Waals surface area contributed by atoms with Crippen LogP contribution in [-0.2, 0) is 5.41 Å². The summed E-state index contributed by atoms with van der Waals surface area (Å²) in [6.07, 6.45) is 1.72. The van der Waals surface area contributed by atoms with Crippen LogP contribution < -0.4 is 10.5 Å². The lowest BCUT2D eigenvalue weighted by Gasteiger charge is -2.19. The third-order valence-electron chi connectivity index (χ3n) is 3.23. The molecular weight excluding hydrogens is 248 g/mol. The number of nitrogens with two attached hydrogens (primary N) is 1. The topological polar surface area (TPSA) is 48.1 Å². The number of pyridine rings is 1. The summed E-state index contributed by atoms with van der Waals surface area (Å²) in [6.45, 7) is 8.51. The van der Waals surface area contributed by atoms with Crippen molar-refractivity contribution in [2.75, 3.05) is 0 Å². The molecule has 0 bridgehead atoms. The van der Waals surface area contributed by atoms with Crippen molar-refractivity contribution in [2.45, 2.75) is 39.2 Å². The van der Waals surface area contributed by atoms with Gasteiger partial charge in [-0.25, -0.2) is 4.98 Å². The van der Waals surface area contributed by atoms with E-state index < -0.39 is 0 Å². The third kappa shape index (κ3) is 3.58. The number of hydrogen-bond donors (Lipinski definition) is 1. The fraction of sp³-hybridized carbons (Fsp3) is 0.353. The van der Waals surface area contributed by atoms with E-state index in [2.05, 4.69) is 37.9 Å². The van der Waals surface area contributed by atoms with E-state index in [0.29, 0.717) is 5.88 Å². The number of rotatable bonds is 3. The van der Waals surface area contributed by atoms with E-state index in [1.165, 1.54) is 5.56 Å². The summed E-state index contributed by atoms with van der Waals surface area (Å²) in [6, 6.07) is 11.9. The summed E-state index contributed by atoms with van der Waals surface area (Å²) in [5.74, 6) is 1.36. The van der Waals surface area contributed by atoms with Crippen LogP contribution in [0.25, 0.3) is 0 Å². The van der Waals surface area contributed by atoms with E-state index >= 15 is 0 Å². The Kier molecular flexibility index (Phi) is 4.09. The molecule has 3 nitrogen and oxygen atoms in total. The van der Waals surface area contributed by atoms with E-state index in [-0.39, 0.29) is 11.5 Å². The van der Waals surface area contributed by atoms with Crippen LogP contribution in [0.4, 0.5) is 0 Å². The predicted molar refractivity (Wildman–Crippen MR) is 82.1 cm³/mol. The van der Waals surface area contributed by atoms with Gasteiger partial charge in [-0.15, -0.1) is 0 Å².